The van der Waals surface area contributed by atoms with Crippen LogP contribution in [0.2, 0.25) is 0 Å². The molecule has 38 heavy (non-hydrogen) atoms. The van der Waals surface area contributed by atoms with E-state index in [0.29, 0.717) is 0 Å². The Morgan fingerprint density at radius 3 is 2.47 bits per heavy atom. The lowest BCUT2D eigenvalue weighted by atomic mass is 9.52. The van der Waals surface area contributed by atoms with Gasteiger partial charge in [0.05, 0.1) is 23.7 Å². The summed E-state index contributed by atoms with van der Waals surface area (Å²) in [4.78, 5) is 79.8. The van der Waals surface area contributed by atoms with Gasteiger partial charge in [-0.15, -0.1) is 0 Å². The number of fused-ring (bicyclic) bond motifs is 3. The fourth-order valence-corrected chi connectivity index (χ4v) is 6.24. The number of phenolic OH excluding ortho intramolecular Hbond substituents is 1. The number of amides is 2. The number of carbonyl (C=O) groups excluding carboxylic acids is 6. The predicted octanol–water partition coefficient (Wildman–Crippen LogP) is -0.893. The van der Waals surface area contributed by atoms with Crippen molar-refractivity contribution in [3.63, 3.8) is 0 Å². The van der Waals surface area contributed by atoms with E-state index in [1.807, 2.05) is 0 Å². The molecule has 3 aliphatic rings. The van der Waals surface area contributed by atoms with Gasteiger partial charge in [0.25, 0.3) is 5.91 Å². The lowest BCUT2D eigenvalue weighted by molar-refractivity contribution is -0.181. The number of aromatic nitrogens is 1. The molecular weight excluding hydrogens is 500 g/mol. The zero-order valence-corrected chi connectivity index (χ0v) is 20.3. The smallest absolute Gasteiger partial charge is 0.294 e. The third-order valence-electron chi connectivity index (χ3n) is 7.85. The van der Waals surface area contributed by atoms with Crippen LogP contribution in [0.3, 0.4) is 0 Å². The molecule has 5 N–H and O–H groups in total. The first-order valence-electron chi connectivity index (χ1n) is 11.8. The van der Waals surface area contributed by atoms with Crippen molar-refractivity contribution in [3.8, 4) is 5.75 Å². The number of carbonyl (C=O) groups is 6. The van der Waals surface area contributed by atoms with Crippen LogP contribution in [0.25, 0.3) is 0 Å². The molecular formula is C25H24N4O9. The third kappa shape index (κ3) is 3.42. The molecule has 5 rings (SSSR count). The Balaban J connectivity index is 1.59. The molecule has 3 aliphatic carbocycles. The molecule has 13 nitrogen and oxygen atoms in total. The molecule has 2 aromatic rings. The number of hydrogen-bond acceptors (Lipinski definition) is 11. The lowest BCUT2D eigenvalue weighted by Gasteiger charge is -2.52. The summed E-state index contributed by atoms with van der Waals surface area (Å²) < 4.78 is 4.85. The first-order chi connectivity index (χ1) is 17.9. The molecule has 2 fully saturated rings. The second-order valence-corrected chi connectivity index (χ2v) is 10.1. The molecule has 13 heteroatoms. The van der Waals surface area contributed by atoms with Crippen LogP contribution in [-0.2, 0) is 25.6 Å². The second-order valence-electron chi connectivity index (χ2n) is 10.1. The number of rotatable bonds is 4. The minimum absolute atomic E-state index is 0.00621. The maximum absolute atomic E-state index is 13.8. The molecule has 1 heterocycles. The molecule has 198 valence electrons. The maximum atomic E-state index is 13.8. The summed E-state index contributed by atoms with van der Waals surface area (Å²) in [5.41, 5.74) is 2.72. The van der Waals surface area contributed by atoms with Gasteiger partial charge in [-0.05, 0) is 50.6 Å². The highest BCUT2D eigenvalue weighted by molar-refractivity contribution is 6.32. The van der Waals surface area contributed by atoms with Gasteiger partial charge < -0.3 is 25.8 Å². The molecule has 0 saturated heterocycles. The standard InChI is InChI=1S/C25H24N4O9/c1-29(2)18-11-8-9-7-10-12(28-24(36)14-5-6-27-38-14)3-4-13(30)16(10)19(31)15(9)21(33)25(11,37)22(34)17(20(18)32)23(26)35/h3-6,9,11,15,17-18,30,37H,7-8H2,1-2H3,(H2,26,35)(H,28,36). The predicted molar refractivity (Wildman–Crippen MR) is 126 cm³/mol. The SMILES string of the molecule is CN(C)C1C(=O)C(C(N)=O)C(=O)C2(O)C(=O)C3C(=O)c4c(O)ccc(NC(=O)c5ccno5)c4CC3CC12. The summed E-state index contributed by atoms with van der Waals surface area (Å²) >= 11 is 0. The van der Waals surface area contributed by atoms with Crippen molar-refractivity contribution in [1.29, 1.82) is 0 Å². The van der Waals surface area contributed by atoms with E-state index in [1.165, 1.54) is 43.4 Å². The van der Waals surface area contributed by atoms with Gasteiger partial charge in [0.2, 0.25) is 11.7 Å². The van der Waals surface area contributed by atoms with E-state index in [0.717, 1.165) is 0 Å². The molecule has 0 bridgehead atoms. The summed E-state index contributed by atoms with van der Waals surface area (Å²) in [5, 5.41) is 28.2. The summed E-state index contributed by atoms with van der Waals surface area (Å²) in [6.07, 6.45) is 1.18. The first-order valence-corrected chi connectivity index (χ1v) is 11.8. The van der Waals surface area contributed by atoms with Crippen LogP contribution < -0.4 is 11.1 Å². The van der Waals surface area contributed by atoms with E-state index in [1.54, 1.807) is 0 Å². The van der Waals surface area contributed by atoms with Crippen molar-refractivity contribution in [3.05, 3.63) is 41.3 Å². The number of benzene rings is 1. The Morgan fingerprint density at radius 1 is 1.16 bits per heavy atom. The number of aliphatic hydroxyl groups is 1. The summed E-state index contributed by atoms with van der Waals surface area (Å²) in [6.45, 7) is 0. The maximum Gasteiger partial charge on any atom is 0.294 e. The van der Waals surface area contributed by atoms with E-state index in [-0.39, 0.29) is 35.4 Å². The summed E-state index contributed by atoms with van der Waals surface area (Å²) in [7, 11) is 3.01. The van der Waals surface area contributed by atoms with E-state index in [4.69, 9.17) is 10.3 Å². The molecule has 2 saturated carbocycles. The molecule has 0 spiro atoms. The topological polar surface area (TPSA) is 210 Å². The Bertz CT molecular complexity index is 1420. The number of primary amides is 1. The van der Waals surface area contributed by atoms with Crippen LogP contribution in [-0.4, -0.2) is 81.0 Å². The van der Waals surface area contributed by atoms with Crippen LogP contribution in [0.1, 0.15) is 32.9 Å². The van der Waals surface area contributed by atoms with Crippen LogP contribution in [0.4, 0.5) is 5.69 Å². The third-order valence-corrected chi connectivity index (χ3v) is 7.85. The number of phenols is 1. The molecule has 1 aromatic heterocycles. The highest BCUT2D eigenvalue weighted by Crippen LogP contribution is 2.51. The van der Waals surface area contributed by atoms with E-state index >= 15 is 0 Å². The Labute approximate surface area is 214 Å². The van der Waals surface area contributed by atoms with Crippen LogP contribution >= 0.6 is 0 Å². The van der Waals surface area contributed by atoms with Gasteiger partial charge in [-0.2, -0.15) is 0 Å². The van der Waals surface area contributed by atoms with E-state index in [2.05, 4.69) is 10.5 Å². The van der Waals surface area contributed by atoms with Gasteiger partial charge in [0.1, 0.15) is 5.75 Å². The lowest BCUT2D eigenvalue weighted by Crippen LogP contribution is -2.74. The zero-order valence-electron chi connectivity index (χ0n) is 20.3. The number of anilines is 1. The van der Waals surface area contributed by atoms with E-state index < -0.39 is 76.0 Å². The molecule has 0 aliphatic heterocycles. The average Bonchev–Trinajstić information content (AvgIpc) is 3.38. The molecule has 0 radical (unpaired) electrons. The average molecular weight is 524 g/mol. The molecule has 1 aromatic carbocycles. The highest BCUT2D eigenvalue weighted by atomic mass is 16.5. The fourth-order valence-electron chi connectivity index (χ4n) is 6.24. The van der Waals surface area contributed by atoms with Gasteiger partial charge in [-0.3, -0.25) is 33.7 Å². The first kappa shape index (κ1) is 25.4. The number of nitrogens with two attached hydrogens (primary N) is 1. The summed E-state index contributed by atoms with van der Waals surface area (Å²) in [6, 6.07) is 2.70. The Morgan fingerprint density at radius 2 is 1.87 bits per heavy atom. The number of aromatic hydroxyl groups is 1. The minimum Gasteiger partial charge on any atom is -0.507 e. The minimum atomic E-state index is -2.80. The number of hydrogen-bond donors (Lipinski definition) is 4. The van der Waals surface area contributed by atoms with Crippen molar-refractivity contribution in [2.24, 2.45) is 29.4 Å². The Hall–Kier alpha value is -4.23. The Kier molecular flexibility index (Phi) is 5.80. The largest absolute Gasteiger partial charge is 0.507 e. The van der Waals surface area contributed by atoms with Crippen molar-refractivity contribution >= 4 is 40.6 Å². The van der Waals surface area contributed by atoms with Gasteiger partial charge >= 0.3 is 0 Å². The van der Waals surface area contributed by atoms with Crippen LogP contribution in [0.15, 0.2) is 28.9 Å². The number of likely N-dealkylation sites (N-methyl/N-ethyl adjacent to an activating group) is 1. The summed E-state index contributed by atoms with van der Waals surface area (Å²) in [5.74, 6) is -12.2. The number of nitrogens with one attached hydrogen (secondary N) is 1. The quantitative estimate of drug-likeness (QED) is 0.284. The number of nitrogens with zero attached hydrogens (tertiary/aromatic N) is 2. The van der Waals surface area contributed by atoms with Crippen molar-refractivity contribution < 1.29 is 43.5 Å². The van der Waals surface area contributed by atoms with Crippen molar-refractivity contribution in [2.75, 3.05) is 19.4 Å². The molecule has 6 atom stereocenters. The monoisotopic (exact) mass is 524 g/mol. The number of Topliss-reactive ketones (excluding diaryl/α,β-unsaturated/α-hetero) is 4. The van der Waals surface area contributed by atoms with Gasteiger partial charge in [-0.25, -0.2) is 0 Å². The normalized spacial score (nSPS) is 30.5. The molecule has 2 amide bonds. The number of ketones is 4. The van der Waals surface area contributed by atoms with Crippen LogP contribution in [0, 0.1) is 23.7 Å². The van der Waals surface area contributed by atoms with Crippen molar-refractivity contribution in [2.45, 2.75) is 24.5 Å². The zero-order chi connectivity index (χ0) is 27.7. The van der Waals surface area contributed by atoms with Gasteiger partial charge in [0.15, 0.2) is 34.7 Å². The highest BCUT2D eigenvalue weighted by Gasteiger charge is 2.69. The molecule has 6 unspecified atom stereocenters. The van der Waals surface area contributed by atoms with E-state index in [9.17, 15) is 39.0 Å². The van der Waals surface area contributed by atoms with Gasteiger partial charge in [0, 0.05) is 17.7 Å². The van der Waals surface area contributed by atoms with Crippen molar-refractivity contribution in [1.82, 2.24) is 10.1 Å². The fraction of sp³-hybridized carbons (Fsp3) is 0.400. The second kappa shape index (κ2) is 8.67. The van der Waals surface area contributed by atoms with Crippen LogP contribution in [0.5, 0.6) is 5.75 Å². The van der Waals surface area contributed by atoms with Gasteiger partial charge in [-0.1, -0.05) is 5.16 Å².